The van der Waals surface area contributed by atoms with Crippen LogP contribution in [-0.4, -0.2) is 46.7 Å². The zero-order chi connectivity index (χ0) is 24.4. The van der Waals surface area contributed by atoms with Gasteiger partial charge in [0, 0.05) is 13.5 Å². The number of aromatic amines is 1. The van der Waals surface area contributed by atoms with Gasteiger partial charge in [-0.05, 0) is 41.0 Å². The van der Waals surface area contributed by atoms with Gasteiger partial charge in [0.1, 0.15) is 30.0 Å². The summed E-state index contributed by atoms with van der Waals surface area (Å²) < 4.78 is 19.5. The van der Waals surface area contributed by atoms with E-state index in [4.69, 9.17) is 4.74 Å². The molecule has 0 saturated heterocycles. The monoisotopic (exact) mass is 471 g/mol. The number of rotatable bonds is 5. The molecule has 1 aromatic heterocycles. The SMILES string of the molecule is CN1C(=O)[C@@H](NC(=O)c2n[nH]c(Cc3ccccc3)n2)COc2ccc(-c3cccc(F)c3)cc21. The lowest BCUT2D eigenvalue weighted by atomic mass is 10.0. The topological polar surface area (TPSA) is 100 Å². The molecule has 9 heteroatoms. The van der Waals surface area contributed by atoms with E-state index >= 15 is 0 Å². The van der Waals surface area contributed by atoms with Crippen LogP contribution in [0.4, 0.5) is 10.1 Å². The standard InChI is InChI=1S/C26H22FN5O3/c1-32-21-14-18(17-8-5-9-19(27)13-17)10-11-22(21)35-15-20(26(32)34)28-25(33)24-29-23(30-31-24)12-16-6-3-2-4-7-16/h2-11,13-14,20H,12,15H2,1H3,(H,28,33)(H,29,30,31)/t20-/m0/s1. The van der Waals surface area contributed by atoms with Gasteiger partial charge < -0.3 is 15.0 Å². The van der Waals surface area contributed by atoms with E-state index in [1.54, 1.807) is 37.4 Å². The highest BCUT2D eigenvalue weighted by Crippen LogP contribution is 2.35. The van der Waals surface area contributed by atoms with Crippen LogP contribution in [0.25, 0.3) is 11.1 Å². The first-order valence-corrected chi connectivity index (χ1v) is 11.0. The van der Waals surface area contributed by atoms with Crippen molar-refractivity contribution in [3.63, 3.8) is 0 Å². The van der Waals surface area contributed by atoms with Crippen molar-refractivity contribution < 1.29 is 18.7 Å². The largest absolute Gasteiger partial charge is 0.489 e. The average molecular weight is 471 g/mol. The van der Waals surface area contributed by atoms with Crippen LogP contribution in [0.2, 0.25) is 0 Å². The first kappa shape index (κ1) is 22.3. The fourth-order valence-corrected chi connectivity index (χ4v) is 3.94. The van der Waals surface area contributed by atoms with Crippen LogP contribution in [0.15, 0.2) is 72.8 Å². The number of hydrogen-bond acceptors (Lipinski definition) is 5. The van der Waals surface area contributed by atoms with Crippen molar-refractivity contribution in [1.29, 1.82) is 0 Å². The minimum atomic E-state index is -0.936. The zero-order valence-electron chi connectivity index (χ0n) is 18.9. The molecular weight excluding hydrogens is 449 g/mol. The summed E-state index contributed by atoms with van der Waals surface area (Å²) in [5.74, 6) is -0.308. The number of hydrogen-bond donors (Lipinski definition) is 2. The molecule has 1 atom stereocenters. The van der Waals surface area contributed by atoms with Gasteiger partial charge in [0.2, 0.25) is 5.82 Å². The van der Waals surface area contributed by atoms with Crippen molar-refractivity contribution in [3.05, 3.63) is 95.8 Å². The molecule has 1 aliphatic rings. The van der Waals surface area contributed by atoms with Crippen molar-refractivity contribution in [1.82, 2.24) is 20.5 Å². The van der Waals surface area contributed by atoms with E-state index in [-0.39, 0.29) is 24.2 Å². The van der Waals surface area contributed by atoms with Crippen LogP contribution >= 0.6 is 0 Å². The number of anilines is 1. The Labute approximate surface area is 200 Å². The molecular formula is C26H22FN5O3. The molecule has 176 valence electrons. The van der Waals surface area contributed by atoms with Crippen LogP contribution in [0.1, 0.15) is 22.0 Å². The Hall–Kier alpha value is -4.53. The molecule has 0 fully saturated rings. The van der Waals surface area contributed by atoms with E-state index < -0.39 is 11.9 Å². The average Bonchev–Trinajstić information content (AvgIpc) is 3.30. The molecule has 0 aliphatic carbocycles. The Kier molecular flexibility index (Phi) is 5.97. The smallest absolute Gasteiger partial charge is 0.291 e. The maximum Gasteiger partial charge on any atom is 0.291 e. The highest BCUT2D eigenvalue weighted by molar-refractivity contribution is 6.02. The Bertz CT molecular complexity index is 1390. The highest BCUT2D eigenvalue weighted by Gasteiger charge is 2.31. The lowest BCUT2D eigenvalue weighted by Crippen LogP contribution is -2.49. The molecule has 0 unspecified atom stereocenters. The first-order chi connectivity index (χ1) is 17.0. The predicted octanol–water partition coefficient (Wildman–Crippen LogP) is 3.36. The summed E-state index contributed by atoms with van der Waals surface area (Å²) in [5, 5.41) is 9.43. The van der Waals surface area contributed by atoms with Crippen LogP contribution in [0, 0.1) is 5.82 Å². The number of benzene rings is 3. The summed E-state index contributed by atoms with van der Waals surface area (Å²) in [4.78, 5) is 31.6. The fraction of sp³-hybridized carbons (Fsp3) is 0.154. The number of H-pyrrole nitrogens is 1. The third-order valence-corrected chi connectivity index (χ3v) is 5.77. The molecule has 2 amide bonds. The van der Waals surface area contributed by atoms with Gasteiger partial charge in [0.15, 0.2) is 0 Å². The molecule has 0 saturated carbocycles. The third kappa shape index (κ3) is 4.74. The summed E-state index contributed by atoms with van der Waals surface area (Å²) in [6.45, 7) is -0.0531. The van der Waals surface area contributed by atoms with E-state index in [1.807, 2.05) is 30.3 Å². The molecule has 35 heavy (non-hydrogen) atoms. The lowest BCUT2D eigenvalue weighted by Gasteiger charge is -2.20. The predicted molar refractivity (Wildman–Crippen MR) is 128 cm³/mol. The molecule has 0 radical (unpaired) electrons. The number of carbonyl (C=O) groups is 2. The summed E-state index contributed by atoms with van der Waals surface area (Å²) in [6.07, 6.45) is 0.498. The second-order valence-electron chi connectivity index (χ2n) is 8.20. The number of likely N-dealkylation sites (N-methyl/N-ethyl adjacent to an activating group) is 1. The molecule has 2 heterocycles. The van der Waals surface area contributed by atoms with Crippen molar-refractivity contribution in [3.8, 4) is 16.9 Å². The Morgan fingerprint density at radius 2 is 1.91 bits per heavy atom. The minimum absolute atomic E-state index is 0.0531. The van der Waals surface area contributed by atoms with Gasteiger partial charge in [-0.2, -0.15) is 0 Å². The number of amides is 2. The molecule has 2 N–H and O–H groups in total. The summed E-state index contributed by atoms with van der Waals surface area (Å²) >= 11 is 0. The third-order valence-electron chi connectivity index (χ3n) is 5.77. The molecule has 3 aromatic carbocycles. The number of nitrogens with zero attached hydrogens (tertiary/aromatic N) is 3. The molecule has 4 aromatic rings. The number of halogens is 1. The van der Waals surface area contributed by atoms with Gasteiger partial charge >= 0.3 is 0 Å². The second kappa shape index (κ2) is 9.38. The molecule has 5 rings (SSSR count). The van der Waals surface area contributed by atoms with Gasteiger partial charge in [-0.1, -0.05) is 48.5 Å². The number of fused-ring (bicyclic) bond motifs is 1. The molecule has 8 nitrogen and oxygen atoms in total. The quantitative estimate of drug-likeness (QED) is 0.465. The lowest BCUT2D eigenvalue weighted by molar-refractivity contribution is -0.120. The summed E-state index contributed by atoms with van der Waals surface area (Å²) in [6, 6.07) is 20.2. The maximum absolute atomic E-state index is 13.7. The van der Waals surface area contributed by atoms with E-state index in [2.05, 4.69) is 20.5 Å². The summed E-state index contributed by atoms with van der Waals surface area (Å²) in [5.41, 5.74) is 2.97. The number of nitrogens with one attached hydrogen (secondary N) is 2. The van der Waals surface area contributed by atoms with Gasteiger partial charge in [0.25, 0.3) is 11.8 Å². The van der Waals surface area contributed by atoms with E-state index in [9.17, 15) is 14.0 Å². The van der Waals surface area contributed by atoms with Crippen molar-refractivity contribution >= 4 is 17.5 Å². The maximum atomic E-state index is 13.7. The normalized spacial score (nSPS) is 15.2. The first-order valence-electron chi connectivity index (χ1n) is 11.0. The molecule has 0 spiro atoms. The van der Waals surface area contributed by atoms with Crippen molar-refractivity contribution in [2.75, 3.05) is 18.6 Å². The van der Waals surface area contributed by atoms with Crippen LogP contribution < -0.4 is 15.0 Å². The van der Waals surface area contributed by atoms with Crippen molar-refractivity contribution in [2.45, 2.75) is 12.5 Å². The Balaban J connectivity index is 1.30. The Morgan fingerprint density at radius 1 is 1.11 bits per heavy atom. The van der Waals surface area contributed by atoms with E-state index in [0.29, 0.717) is 29.2 Å². The fourth-order valence-electron chi connectivity index (χ4n) is 3.94. The highest BCUT2D eigenvalue weighted by atomic mass is 19.1. The Morgan fingerprint density at radius 3 is 2.71 bits per heavy atom. The number of aromatic nitrogens is 3. The zero-order valence-corrected chi connectivity index (χ0v) is 18.9. The summed E-state index contributed by atoms with van der Waals surface area (Å²) in [7, 11) is 1.61. The van der Waals surface area contributed by atoms with Crippen LogP contribution in [0.5, 0.6) is 5.75 Å². The number of ether oxygens (including phenoxy) is 1. The second-order valence-corrected chi connectivity index (χ2v) is 8.20. The number of carbonyl (C=O) groups excluding carboxylic acids is 2. The van der Waals surface area contributed by atoms with E-state index in [1.165, 1.54) is 17.0 Å². The van der Waals surface area contributed by atoms with Crippen LogP contribution in [0.3, 0.4) is 0 Å². The van der Waals surface area contributed by atoms with Gasteiger partial charge in [-0.3, -0.25) is 14.7 Å². The van der Waals surface area contributed by atoms with E-state index in [0.717, 1.165) is 11.1 Å². The van der Waals surface area contributed by atoms with Crippen LogP contribution in [-0.2, 0) is 11.2 Å². The van der Waals surface area contributed by atoms with Crippen molar-refractivity contribution in [2.24, 2.45) is 0 Å². The molecule has 0 bridgehead atoms. The molecule has 1 aliphatic heterocycles. The van der Waals surface area contributed by atoms with Gasteiger partial charge in [-0.25, -0.2) is 9.37 Å². The van der Waals surface area contributed by atoms with Gasteiger partial charge in [0.05, 0.1) is 5.69 Å². The van der Waals surface area contributed by atoms with Gasteiger partial charge in [-0.15, -0.1) is 5.10 Å². The minimum Gasteiger partial charge on any atom is -0.489 e.